The van der Waals surface area contributed by atoms with Crippen molar-refractivity contribution in [1.29, 1.82) is 0 Å². The van der Waals surface area contributed by atoms with Crippen LogP contribution in [0.3, 0.4) is 0 Å². The molecular formula is C17H17NO2. The van der Waals surface area contributed by atoms with Crippen LogP contribution in [0.5, 0.6) is 0 Å². The lowest BCUT2D eigenvalue weighted by molar-refractivity contribution is -0.141. The fraction of sp³-hybridized carbons (Fsp3) is 0.412. The monoisotopic (exact) mass is 267 g/mol. The van der Waals surface area contributed by atoms with Crippen molar-refractivity contribution in [3.63, 3.8) is 0 Å². The van der Waals surface area contributed by atoms with Crippen LogP contribution in [-0.2, 0) is 16.1 Å². The van der Waals surface area contributed by atoms with Gasteiger partial charge in [-0.05, 0) is 36.3 Å². The van der Waals surface area contributed by atoms with Crippen LogP contribution in [0.2, 0.25) is 0 Å². The molecule has 2 aliphatic carbocycles. The highest BCUT2D eigenvalue weighted by atomic mass is 16.2. The van der Waals surface area contributed by atoms with E-state index in [1.54, 1.807) is 0 Å². The molecule has 20 heavy (non-hydrogen) atoms. The first-order valence-electron chi connectivity index (χ1n) is 7.25. The van der Waals surface area contributed by atoms with Gasteiger partial charge in [-0.2, -0.15) is 0 Å². The maximum atomic E-state index is 12.6. The van der Waals surface area contributed by atoms with Crippen LogP contribution in [0.1, 0.15) is 17.5 Å². The Morgan fingerprint density at radius 2 is 1.65 bits per heavy atom. The van der Waals surface area contributed by atoms with E-state index >= 15 is 0 Å². The van der Waals surface area contributed by atoms with Crippen molar-refractivity contribution in [2.75, 3.05) is 0 Å². The van der Waals surface area contributed by atoms with Crippen molar-refractivity contribution in [1.82, 2.24) is 4.90 Å². The molecule has 3 heteroatoms. The molecule has 0 radical (unpaired) electrons. The van der Waals surface area contributed by atoms with Crippen molar-refractivity contribution in [2.24, 2.45) is 23.7 Å². The van der Waals surface area contributed by atoms with Gasteiger partial charge in [0.25, 0.3) is 0 Å². The van der Waals surface area contributed by atoms with Crippen LogP contribution in [0.4, 0.5) is 0 Å². The van der Waals surface area contributed by atoms with Gasteiger partial charge in [0.1, 0.15) is 0 Å². The summed E-state index contributed by atoms with van der Waals surface area (Å²) in [4.78, 5) is 26.6. The van der Waals surface area contributed by atoms with Gasteiger partial charge in [0.2, 0.25) is 11.8 Å². The summed E-state index contributed by atoms with van der Waals surface area (Å²) in [6.45, 7) is 2.45. The summed E-state index contributed by atoms with van der Waals surface area (Å²) in [5.41, 5.74) is 2.20. The van der Waals surface area contributed by atoms with Crippen molar-refractivity contribution in [2.45, 2.75) is 19.9 Å². The highest BCUT2D eigenvalue weighted by molar-refractivity contribution is 6.06. The van der Waals surface area contributed by atoms with E-state index in [9.17, 15) is 9.59 Å². The Hall–Kier alpha value is -1.90. The van der Waals surface area contributed by atoms with Crippen LogP contribution in [0, 0.1) is 30.6 Å². The molecule has 1 saturated carbocycles. The first kappa shape index (κ1) is 11.9. The minimum Gasteiger partial charge on any atom is -0.278 e. The van der Waals surface area contributed by atoms with E-state index in [1.807, 2.05) is 31.2 Å². The summed E-state index contributed by atoms with van der Waals surface area (Å²) < 4.78 is 0. The number of carbonyl (C=O) groups excluding carboxylic acids is 2. The molecule has 0 spiro atoms. The van der Waals surface area contributed by atoms with E-state index in [-0.39, 0.29) is 23.7 Å². The SMILES string of the molecule is Cc1ccccc1CN1C(=O)[C@@H]2[C@H](C1=O)[C@H]1C=C[C@H]2C1. The van der Waals surface area contributed by atoms with Gasteiger partial charge in [-0.15, -0.1) is 0 Å². The number of aryl methyl sites for hydroxylation is 1. The average molecular weight is 267 g/mol. The van der Waals surface area contributed by atoms with Crippen molar-refractivity contribution >= 4 is 11.8 Å². The molecule has 1 aromatic rings. The zero-order valence-electron chi connectivity index (χ0n) is 11.5. The zero-order chi connectivity index (χ0) is 13.9. The molecule has 1 heterocycles. The first-order chi connectivity index (χ1) is 9.66. The van der Waals surface area contributed by atoms with E-state index in [2.05, 4.69) is 12.2 Å². The Balaban J connectivity index is 1.64. The fourth-order valence-corrected chi connectivity index (χ4v) is 4.08. The lowest BCUT2D eigenvalue weighted by Gasteiger charge is -2.18. The lowest BCUT2D eigenvalue weighted by atomic mass is 9.85. The molecular weight excluding hydrogens is 250 g/mol. The van der Waals surface area contributed by atoms with Gasteiger partial charge >= 0.3 is 0 Å². The van der Waals surface area contributed by atoms with Gasteiger partial charge < -0.3 is 0 Å². The second-order valence-electron chi connectivity index (χ2n) is 6.19. The minimum atomic E-state index is -0.0819. The van der Waals surface area contributed by atoms with E-state index in [1.165, 1.54) is 4.90 Å². The van der Waals surface area contributed by atoms with Gasteiger partial charge in [0, 0.05) is 0 Å². The molecule has 1 aromatic carbocycles. The summed E-state index contributed by atoms with van der Waals surface area (Å²) in [5.74, 6) is 0.509. The van der Waals surface area contributed by atoms with E-state index in [0.29, 0.717) is 18.4 Å². The summed E-state index contributed by atoms with van der Waals surface area (Å²) in [7, 11) is 0. The number of hydrogen-bond donors (Lipinski definition) is 0. The number of likely N-dealkylation sites (tertiary alicyclic amines) is 1. The molecule has 0 N–H and O–H groups in total. The summed E-state index contributed by atoms with van der Waals surface area (Å²) in [6.07, 6.45) is 5.26. The highest BCUT2D eigenvalue weighted by Gasteiger charge is 2.59. The highest BCUT2D eigenvalue weighted by Crippen LogP contribution is 2.52. The predicted molar refractivity (Wildman–Crippen MR) is 74.5 cm³/mol. The van der Waals surface area contributed by atoms with E-state index in [4.69, 9.17) is 0 Å². The lowest BCUT2D eigenvalue weighted by Crippen LogP contribution is -2.32. The van der Waals surface area contributed by atoms with E-state index < -0.39 is 0 Å². The first-order valence-corrected chi connectivity index (χ1v) is 7.25. The smallest absolute Gasteiger partial charge is 0.234 e. The third-order valence-corrected chi connectivity index (χ3v) is 5.15. The number of rotatable bonds is 2. The van der Waals surface area contributed by atoms with Crippen molar-refractivity contribution < 1.29 is 9.59 Å². The van der Waals surface area contributed by atoms with Gasteiger partial charge in [-0.3, -0.25) is 14.5 Å². The molecule has 2 amide bonds. The molecule has 0 aromatic heterocycles. The number of carbonyl (C=O) groups is 2. The largest absolute Gasteiger partial charge is 0.278 e. The standard InChI is InChI=1S/C17H17NO2/c1-10-4-2-3-5-13(10)9-18-16(19)14-11-6-7-12(8-11)15(14)17(18)20/h2-7,11-12,14-15H,8-9H2,1H3/t11-,12-,14-,15+/m0/s1. The maximum Gasteiger partial charge on any atom is 0.234 e. The number of nitrogens with zero attached hydrogens (tertiary/aromatic N) is 1. The molecule has 4 rings (SSSR count). The number of allylic oxidation sites excluding steroid dienone is 2. The quantitative estimate of drug-likeness (QED) is 0.609. The predicted octanol–water partition coefficient (Wildman–Crippen LogP) is 2.30. The number of hydrogen-bond acceptors (Lipinski definition) is 2. The number of fused-ring (bicyclic) bond motifs is 5. The summed E-state index contributed by atoms with van der Waals surface area (Å²) in [5, 5.41) is 0. The topological polar surface area (TPSA) is 37.4 Å². The Labute approximate surface area is 118 Å². The number of amides is 2. The van der Waals surface area contributed by atoms with Crippen LogP contribution < -0.4 is 0 Å². The van der Waals surface area contributed by atoms with Crippen LogP contribution in [0.15, 0.2) is 36.4 Å². The van der Waals surface area contributed by atoms with Crippen LogP contribution in [-0.4, -0.2) is 16.7 Å². The molecule has 1 aliphatic heterocycles. The molecule has 3 nitrogen and oxygen atoms in total. The average Bonchev–Trinajstić information content (AvgIpc) is 3.10. The molecule has 4 atom stereocenters. The Morgan fingerprint density at radius 1 is 1.05 bits per heavy atom. The van der Waals surface area contributed by atoms with Gasteiger partial charge in [-0.1, -0.05) is 36.4 Å². The molecule has 102 valence electrons. The van der Waals surface area contributed by atoms with Gasteiger partial charge in [-0.25, -0.2) is 0 Å². The maximum absolute atomic E-state index is 12.6. The number of imide groups is 1. The third kappa shape index (κ3) is 1.46. The second kappa shape index (κ2) is 4.05. The second-order valence-corrected chi connectivity index (χ2v) is 6.19. The molecule has 2 fully saturated rings. The third-order valence-electron chi connectivity index (χ3n) is 5.15. The Bertz CT molecular complexity index is 604. The van der Waals surface area contributed by atoms with Gasteiger partial charge in [0.15, 0.2) is 0 Å². The van der Waals surface area contributed by atoms with Crippen LogP contribution in [0.25, 0.3) is 0 Å². The van der Waals surface area contributed by atoms with Crippen molar-refractivity contribution in [3.05, 3.63) is 47.5 Å². The summed E-state index contributed by atoms with van der Waals surface area (Å²) >= 11 is 0. The molecule has 2 bridgehead atoms. The molecule has 1 saturated heterocycles. The van der Waals surface area contributed by atoms with Crippen molar-refractivity contribution in [3.8, 4) is 0 Å². The zero-order valence-corrected chi connectivity index (χ0v) is 11.5. The number of benzene rings is 1. The fourth-order valence-electron chi connectivity index (χ4n) is 4.08. The minimum absolute atomic E-state index is 0.0418. The Morgan fingerprint density at radius 3 is 2.25 bits per heavy atom. The molecule has 3 aliphatic rings. The molecule has 0 unspecified atom stereocenters. The normalized spacial score (nSPS) is 34.1. The summed E-state index contributed by atoms with van der Waals surface area (Å²) in [6, 6.07) is 7.95. The van der Waals surface area contributed by atoms with Gasteiger partial charge in [0.05, 0.1) is 18.4 Å². The Kier molecular flexibility index (Phi) is 2.40. The van der Waals surface area contributed by atoms with Crippen LogP contribution >= 0.6 is 0 Å². The van der Waals surface area contributed by atoms with E-state index in [0.717, 1.165) is 17.5 Å².